The van der Waals surface area contributed by atoms with Crippen molar-refractivity contribution in [3.63, 3.8) is 0 Å². The SMILES string of the molecule is CCCCNC(=O)[C@@H](C)N(Cc1ccccc1C)C(=O)CC. The first-order chi connectivity index (χ1) is 10.5. The van der Waals surface area contributed by atoms with E-state index in [2.05, 4.69) is 12.2 Å². The lowest BCUT2D eigenvalue weighted by Gasteiger charge is -2.29. The zero-order chi connectivity index (χ0) is 16.5. The molecule has 122 valence electrons. The van der Waals surface area contributed by atoms with Crippen molar-refractivity contribution in [2.24, 2.45) is 0 Å². The summed E-state index contributed by atoms with van der Waals surface area (Å²) in [5, 5.41) is 2.91. The molecule has 4 heteroatoms. The highest BCUT2D eigenvalue weighted by atomic mass is 16.2. The summed E-state index contributed by atoms with van der Waals surface area (Å²) in [6.07, 6.45) is 2.39. The Morgan fingerprint density at radius 2 is 1.91 bits per heavy atom. The number of amides is 2. The van der Waals surface area contributed by atoms with E-state index in [1.807, 2.05) is 38.1 Å². The number of hydrogen-bond acceptors (Lipinski definition) is 2. The van der Waals surface area contributed by atoms with Gasteiger partial charge in [-0.25, -0.2) is 0 Å². The van der Waals surface area contributed by atoms with E-state index < -0.39 is 6.04 Å². The van der Waals surface area contributed by atoms with Crippen LogP contribution in [0.3, 0.4) is 0 Å². The molecule has 0 saturated carbocycles. The van der Waals surface area contributed by atoms with Crippen LogP contribution in [-0.2, 0) is 16.1 Å². The molecule has 1 atom stereocenters. The van der Waals surface area contributed by atoms with Gasteiger partial charge < -0.3 is 10.2 Å². The number of unbranched alkanes of at least 4 members (excludes halogenated alkanes) is 1. The van der Waals surface area contributed by atoms with Crippen molar-refractivity contribution in [2.45, 2.75) is 59.5 Å². The van der Waals surface area contributed by atoms with Crippen LogP contribution in [0.5, 0.6) is 0 Å². The van der Waals surface area contributed by atoms with Crippen molar-refractivity contribution in [1.29, 1.82) is 0 Å². The van der Waals surface area contributed by atoms with Crippen LogP contribution in [0.2, 0.25) is 0 Å². The van der Waals surface area contributed by atoms with E-state index in [-0.39, 0.29) is 11.8 Å². The second-order valence-electron chi connectivity index (χ2n) is 5.62. The average Bonchev–Trinajstić information content (AvgIpc) is 2.53. The molecule has 4 nitrogen and oxygen atoms in total. The van der Waals surface area contributed by atoms with E-state index in [4.69, 9.17) is 0 Å². The van der Waals surface area contributed by atoms with Gasteiger partial charge in [-0.05, 0) is 31.4 Å². The van der Waals surface area contributed by atoms with Crippen molar-refractivity contribution in [3.05, 3.63) is 35.4 Å². The van der Waals surface area contributed by atoms with Crippen molar-refractivity contribution in [2.75, 3.05) is 6.54 Å². The van der Waals surface area contributed by atoms with Gasteiger partial charge in [0.15, 0.2) is 0 Å². The van der Waals surface area contributed by atoms with Crippen LogP contribution in [-0.4, -0.2) is 29.3 Å². The van der Waals surface area contributed by atoms with E-state index in [9.17, 15) is 9.59 Å². The Labute approximate surface area is 133 Å². The summed E-state index contributed by atoms with van der Waals surface area (Å²) in [7, 11) is 0. The Balaban J connectivity index is 2.82. The molecular formula is C18H28N2O2. The van der Waals surface area contributed by atoms with E-state index in [0.29, 0.717) is 19.5 Å². The molecule has 0 unspecified atom stereocenters. The third-order valence-electron chi connectivity index (χ3n) is 3.90. The Kier molecular flexibility index (Phi) is 7.64. The van der Waals surface area contributed by atoms with Gasteiger partial charge in [-0.1, -0.05) is 44.5 Å². The van der Waals surface area contributed by atoms with Gasteiger partial charge in [0.1, 0.15) is 6.04 Å². The molecular weight excluding hydrogens is 276 g/mol. The summed E-state index contributed by atoms with van der Waals surface area (Å²) in [6, 6.07) is 7.52. The monoisotopic (exact) mass is 304 g/mol. The molecule has 0 saturated heterocycles. The van der Waals surface area contributed by atoms with Gasteiger partial charge >= 0.3 is 0 Å². The Bertz CT molecular complexity index is 500. The maximum atomic E-state index is 12.2. The second kappa shape index (κ2) is 9.23. The molecule has 0 radical (unpaired) electrons. The zero-order valence-corrected chi connectivity index (χ0v) is 14.2. The van der Waals surface area contributed by atoms with E-state index >= 15 is 0 Å². The quantitative estimate of drug-likeness (QED) is 0.750. The molecule has 2 amide bonds. The summed E-state index contributed by atoms with van der Waals surface area (Å²) in [4.78, 5) is 26.2. The van der Waals surface area contributed by atoms with E-state index in [1.54, 1.807) is 11.8 Å². The van der Waals surface area contributed by atoms with Gasteiger partial charge in [0.05, 0.1) is 0 Å². The fourth-order valence-electron chi connectivity index (χ4n) is 2.29. The first-order valence-corrected chi connectivity index (χ1v) is 8.12. The first-order valence-electron chi connectivity index (χ1n) is 8.12. The smallest absolute Gasteiger partial charge is 0.242 e. The van der Waals surface area contributed by atoms with Crippen LogP contribution < -0.4 is 5.32 Å². The predicted octanol–water partition coefficient (Wildman–Crippen LogP) is 3.04. The largest absolute Gasteiger partial charge is 0.354 e. The molecule has 0 heterocycles. The predicted molar refractivity (Wildman–Crippen MR) is 89.4 cm³/mol. The number of rotatable bonds is 8. The van der Waals surface area contributed by atoms with Gasteiger partial charge in [-0.2, -0.15) is 0 Å². The number of hydrogen-bond donors (Lipinski definition) is 1. The van der Waals surface area contributed by atoms with Crippen LogP contribution in [0.25, 0.3) is 0 Å². The molecule has 0 aromatic heterocycles. The van der Waals surface area contributed by atoms with Crippen molar-refractivity contribution >= 4 is 11.8 Å². The minimum atomic E-state index is -0.455. The third kappa shape index (κ3) is 5.17. The molecule has 1 N–H and O–H groups in total. The number of carbonyl (C=O) groups is 2. The second-order valence-corrected chi connectivity index (χ2v) is 5.62. The van der Waals surface area contributed by atoms with Gasteiger partial charge in [0, 0.05) is 19.5 Å². The third-order valence-corrected chi connectivity index (χ3v) is 3.90. The lowest BCUT2D eigenvalue weighted by Crippen LogP contribution is -2.47. The van der Waals surface area contributed by atoms with Gasteiger partial charge in [-0.15, -0.1) is 0 Å². The van der Waals surface area contributed by atoms with Gasteiger partial charge in [0.2, 0.25) is 11.8 Å². The van der Waals surface area contributed by atoms with Crippen LogP contribution in [0, 0.1) is 6.92 Å². The van der Waals surface area contributed by atoms with Crippen LogP contribution in [0.15, 0.2) is 24.3 Å². The first kappa shape index (κ1) is 18.2. The fourth-order valence-corrected chi connectivity index (χ4v) is 2.29. The summed E-state index contributed by atoms with van der Waals surface area (Å²) < 4.78 is 0. The standard InChI is InChI=1S/C18H28N2O2/c1-5-7-12-19-18(22)15(4)20(17(21)6-2)13-16-11-9-8-10-14(16)3/h8-11,15H,5-7,12-13H2,1-4H3,(H,19,22)/t15-/m1/s1. The summed E-state index contributed by atoms with van der Waals surface area (Å²) >= 11 is 0. The van der Waals surface area contributed by atoms with Crippen LogP contribution >= 0.6 is 0 Å². The van der Waals surface area contributed by atoms with Gasteiger partial charge in [0.25, 0.3) is 0 Å². The highest BCUT2D eigenvalue weighted by molar-refractivity contribution is 5.87. The molecule has 22 heavy (non-hydrogen) atoms. The number of nitrogens with one attached hydrogen (secondary N) is 1. The normalized spacial score (nSPS) is 11.8. The van der Waals surface area contributed by atoms with Crippen molar-refractivity contribution < 1.29 is 9.59 Å². The zero-order valence-electron chi connectivity index (χ0n) is 14.2. The molecule has 1 aromatic rings. The Morgan fingerprint density at radius 1 is 1.23 bits per heavy atom. The highest BCUT2D eigenvalue weighted by Gasteiger charge is 2.25. The number of nitrogens with zero attached hydrogens (tertiary/aromatic N) is 1. The average molecular weight is 304 g/mol. The van der Waals surface area contributed by atoms with E-state index in [0.717, 1.165) is 24.0 Å². The highest BCUT2D eigenvalue weighted by Crippen LogP contribution is 2.14. The minimum absolute atomic E-state index is 0.00129. The van der Waals surface area contributed by atoms with Gasteiger partial charge in [-0.3, -0.25) is 9.59 Å². The summed E-state index contributed by atoms with van der Waals surface area (Å²) in [5.74, 6) is -0.0785. The molecule has 0 aliphatic rings. The lowest BCUT2D eigenvalue weighted by molar-refractivity contribution is -0.140. The molecule has 0 fully saturated rings. The lowest BCUT2D eigenvalue weighted by atomic mass is 10.1. The maximum Gasteiger partial charge on any atom is 0.242 e. The molecule has 0 aliphatic heterocycles. The molecule has 0 aliphatic carbocycles. The van der Waals surface area contributed by atoms with Crippen LogP contribution in [0.4, 0.5) is 0 Å². The molecule has 1 rings (SSSR count). The molecule has 0 bridgehead atoms. The Morgan fingerprint density at radius 3 is 2.50 bits per heavy atom. The number of aryl methyl sites for hydroxylation is 1. The maximum absolute atomic E-state index is 12.2. The fraction of sp³-hybridized carbons (Fsp3) is 0.556. The summed E-state index contributed by atoms with van der Waals surface area (Å²) in [5.41, 5.74) is 2.22. The topological polar surface area (TPSA) is 49.4 Å². The Hall–Kier alpha value is -1.84. The van der Waals surface area contributed by atoms with Crippen LogP contribution in [0.1, 0.15) is 51.2 Å². The number of benzene rings is 1. The van der Waals surface area contributed by atoms with Crippen molar-refractivity contribution in [1.82, 2.24) is 10.2 Å². The summed E-state index contributed by atoms with van der Waals surface area (Å²) in [6.45, 7) is 8.87. The minimum Gasteiger partial charge on any atom is -0.354 e. The van der Waals surface area contributed by atoms with E-state index in [1.165, 1.54) is 0 Å². The number of carbonyl (C=O) groups excluding carboxylic acids is 2. The van der Waals surface area contributed by atoms with Crippen molar-refractivity contribution in [3.8, 4) is 0 Å². The molecule has 1 aromatic carbocycles. The molecule has 0 spiro atoms.